The van der Waals surface area contributed by atoms with E-state index in [0.717, 1.165) is 17.6 Å². The number of aliphatic hydroxyl groups is 1. The first-order chi connectivity index (χ1) is 12.1. The van der Waals surface area contributed by atoms with Crippen LogP contribution in [0, 0.1) is 11.7 Å². The topological polar surface area (TPSA) is 49.8 Å². The Morgan fingerprint density at radius 1 is 1.35 bits per heavy atom. The number of benzene rings is 1. The predicted octanol–water partition coefficient (Wildman–Crippen LogP) is 4.32. The van der Waals surface area contributed by atoms with Crippen molar-refractivity contribution in [1.29, 1.82) is 0 Å². The molecular formula is C21H30FNO3. The van der Waals surface area contributed by atoms with E-state index in [0.29, 0.717) is 25.9 Å². The Bertz CT molecular complexity index is 634. The molecule has 144 valence electrons. The number of rotatable bonds is 4. The van der Waals surface area contributed by atoms with E-state index >= 15 is 0 Å². The number of hydrogen-bond acceptors (Lipinski definition) is 3. The molecule has 0 aromatic heterocycles. The standard InChI is InChI=1S/C21H30FNO3/c1-15(13-16-6-9-18(22)10-7-16)5-8-17-14-23(12-11-19(17)24)20(25)26-21(2,3)4/h5-7,9-10,17,19,24H,8,11-14H2,1-4H3/b15-5+/t17-,19-/m1/s1. The smallest absolute Gasteiger partial charge is 0.410 e. The number of allylic oxidation sites excluding steroid dienone is 2. The van der Waals surface area contributed by atoms with Gasteiger partial charge in [0.2, 0.25) is 0 Å². The molecule has 2 rings (SSSR count). The molecule has 1 saturated heterocycles. The van der Waals surface area contributed by atoms with E-state index in [4.69, 9.17) is 4.74 Å². The largest absolute Gasteiger partial charge is 0.444 e. The quantitative estimate of drug-likeness (QED) is 0.811. The van der Waals surface area contributed by atoms with Crippen LogP contribution in [0.1, 0.15) is 46.1 Å². The lowest BCUT2D eigenvalue weighted by Gasteiger charge is -2.36. The molecule has 1 aromatic carbocycles. The first-order valence-corrected chi connectivity index (χ1v) is 9.20. The second-order valence-electron chi connectivity index (χ2n) is 8.13. The Morgan fingerprint density at radius 3 is 2.62 bits per heavy atom. The van der Waals surface area contributed by atoms with Crippen LogP contribution in [0.25, 0.3) is 0 Å². The first-order valence-electron chi connectivity index (χ1n) is 9.20. The van der Waals surface area contributed by atoms with Gasteiger partial charge in [-0.3, -0.25) is 0 Å². The highest BCUT2D eigenvalue weighted by Gasteiger charge is 2.31. The van der Waals surface area contributed by atoms with Crippen molar-refractivity contribution in [3.63, 3.8) is 0 Å². The number of nitrogens with zero attached hydrogens (tertiary/aromatic N) is 1. The third-order valence-electron chi connectivity index (χ3n) is 4.51. The summed E-state index contributed by atoms with van der Waals surface area (Å²) in [6.07, 6.45) is 3.39. The maximum absolute atomic E-state index is 13.0. The fraction of sp³-hybridized carbons (Fsp3) is 0.571. The molecule has 5 heteroatoms. The van der Waals surface area contributed by atoms with Crippen molar-refractivity contribution < 1.29 is 19.0 Å². The minimum absolute atomic E-state index is 0.000522. The summed E-state index contributed by atoms with van der Waals surface area (Å²) in [7, 11) is 0. The second kappa shape index (κ2) is 8.67. The zero-order valence-electron chi connectivity index (χ0n) is 16.2. The average Bonchev–Trinajstić information content (AvgIpc) is 2.54. The molecule has 4 nitrogen and oxygen atoms in total. The van der Waals surface area contributed by atoms with Crippen molar-refractivity contribution in [3.8, 4) is 0 Å². The van der Waals surface area contributed by atoms with E-state index in [9.17, 15) is 14.3 Å². The maximum Gasteiger partial charge on any atom is 0.410 e. The van der Waals surface area contributed by atoms with Crippen molar-refractivity contribution in [2.75, 3.05) is 13.1 Å². The third-order valence-corrected chi connectivity index (χ3v) is 4.51. The molecular weight excluding hydrogens is 333 g/mol. The number of hydrogen-bond donors (Lipinski definition) is 1. The summed E-state index contributed by atoms with van der Waals surface area (Å²) in [5.74, 6) is -0.234. The highest BCUT2D eigenvalue weighted by Crippen LogP contribution is 2.23. The van der Waals surface area contributed by atoms with Gasteiger partial charge in [0.05, 0.1) is 6.10 Å². The molecule has 0 saturated carbocycles. The van der Waals surface area contributed by atoms with Gasteiger partial charge in [-0.15, -0.1) is 0 Å². The molecule has 0 aliphatic carbocycles. The van der Waals surface area contributed by atoms with Crippen LogP contribution >= 0.6 is 0 Å². The molecule has 1 heterocycles. The van der Waals surface area contributed by atoms with Gasteiger partial charge in [-0.05, 0) is 64.7 Å². The monoisotopic (exact) mass is 363 g/mol. The van der Waals surface area contributed by atoms with Crippen LogP contribution in [0.4, 0.5) is 9.18 Å². The molecule has 1 amide bonds. The Hall–Kier alpha value is -1.88. The van der Waals surface area contributed by atoms with Gasteiger partial charge in [-0.25, -0.2) is 9.18 Å². The number of carbonyl (C=O) groups is 1. The first kappa shape index (κ1) is 20.4. The van der Waals surface area contributed by atoms with Gasteiger partial charge in [0.25, 0.3) is 0 Å². The lowest BCUT2D eigenvalue weighted by molar-refractivity contribution is -0.00775. The molecule has 2 atom stereocenters. The molecule has 1 aromatic rings. The van der Waals surface area contributed by atoms with Gasteiger partial charge in [0.1, 0.15) is 11.4 Å². The van der Waals surface area contributed by atoms with Crippen LogP contribution in [0.5, 0.6) is 0 Å². The summed E-state index contributed by atoms with van der Waals surface area (Å²) in [5, 5.41) is 10.3. The van der Waals surface area contributed by atoms with Crippen LogP contribution in [0.3, 0.4) is 0 Å². The average molecular weight is 363 g/mol. The number of aliphatic hydroxyl groups excluding tert-OH is 1. The van der Waals surface area contributed by atoms with Gasteiger partial charge in [-0.1, -0.05) is 23.8 Å². The highest BCUT2D eigenvalue weighted by atomic mass is 19.1. The summed E-state index contributed by atoms with van der Waals surface area (Å²) >= 11 is 0. The van der Waals surface area contributed by atoms with Crippen LogP contribution < -0.4 is 0 Å². The minimum atomic E-state index is -0.520. The van der Waals surface area contributed by atoms with Crippen molar-refractivity contribution in [3.05, 3.63) is 47.3 Å². The van der Waals surface area contributed by atoms with Gasteiger partial charge in [0, 0.05) is 19.0 Å². The van der Waals surface area contributed by atoms with Crippen molar-refractivity contribution in [2.24, 2.45) is 5.92 Å². The Kier molecular flexibility index (Phi) is 6.81. The van der Waals surface area contributed by atoms with Gasteiger partial charge >= 0.3 is 6.09 Å². The summed E-state index contributed by atoms with van der Waals surface area (Å²) < 4.78 is 18.4. The summed E-state index contributed by atoms with van der Waals surface area (Å²) in [4.78, 5) is 13.9. The lowest BCUT2D eigenvalue weighted by Crippen LogP contribution is -2.47. The van der Waals surface area contributed by atoms with Gasteiger partial charge in [0.15, 0.2) is 0 Å². The normalized spacial score (nSPS) is 21.6. The summed E-state index contributed by atoms with van der Waals surface area (Å²) in [6.45, 7) is 8.60. The zero-order valence-corrected chi connectivity index (χ0v) is 16.2. The van der Waals surface area contributed by atoms with Crippen LogP contribution in [0.15, 0.2) is 35.9 Å². The summed E-state index contributed by atoms with van der Waals surface area (Å²) in [6, 6.07) is 6.50. The van der Waals surface area contributed by atoms with Crippen LogP contribution in [0.2, 0.25) is 0 Å². The predicted molar refractivity (Wildman–Crippen MR) is 100 cm³/mol. The number of piperidine rings is 1. The molecule has 0 radical (unpaired) electrons. The van der Waals surface area contributed by atoms with Crippen LogP contribution in [-0.4, -0.2) is 40.9 Å². The Labute approximate surface area is 155 Å². The van der Waals surface area contributed by atoms with E-state index in [1.807, 2.05) is 27.7 Å². The second-order valence-corrected chi connectivity index (χ2v) is 8.13. The molecule has 0 unspecified atom stereocenters. The van der Waals surface area contributed by atoms with E-state index in [2.05, 4.69) is 6.08 Å². The van der Waals surface area contributed by atoms with E-state index < -0.39 is 11.7 Å². The number of carbonyl (C=O) groups excluding carboxylic acids is 1. The summed E-state index contributed by atoms with van der Waals surface area (Å²) in [5.41, 5.74) is 1.70. The number of amides is 1. The molecule has 1 fully saturated rings. The number of halogens is 1. The lowest BCUT2D eigenvalue weighted by atomic mass is 9.90. The van der Waals surface area contributed by atoms with Crippen molar-refractivity contribution in [2.45, 2.75) is 58.7 Å². The number of ether oxygens (including phenoxy) is 1. The SMILES string of the molecule is C/C(=C\C[C@@H]1CN(C(=O)OC(C)(C)C)CC[C@H]1O)Cc1ccc(F)cc1. The van der Waals surface area contributed by atoms with Crippen LogP contribution in [-0.2, 0) is 11.2 Å². The molecule has 1 N–H and O–H groups in total. The van der Waals surface area contributed by atoms with E-state index in [-0.39, 0.29) is 17.8 Å². The fourth-order valence-electron chi connectivity index (χ4n) is 3.09. The highest BCUT2D eigenvalue weighted by molar-refractivity contribution is 5.68. The van der Waals surface area contributed by atoms with Crippen molar-refractivity contribution >= 4 is 6.09 Å². The zero-order chi connectivity index (χ0) is 19.3. The fourth-order valence-corrected chi connectivity index (χ4v) is 3.09. The van der Waals surface area contributed by atoms with Crippen molar-refractivity contribution in [1.82, 2.24) is 4.90 Å². The molecule has 1 aliphatic rings. The third kappa shape index (κ3) is 6.45. The molecule has 26 heavy (non-hydrogen) atoms. The van der Waals surface area contributed by atoms with Gasteiger partial charge in [-0.2, -0.15) is 0 Å². The van der Waals surface area contributed by atoms with Gasteiger partial charge < -0.3 is 14.7 Å². The van der Waals surface area contributed by atoms with E-state index in [1.54, 1.807) is 17.0 Å². The number of likely N-dealkylation sites (tertiary alicyclic amines) is 1. The Morgan fingerprint density at radius 2 is 2.00 bits per heavy atom. The molecule has 1 aliphatic heterocycles. The maximum atomic E-state index is 13.0. The minimum Gasteiger partial charge on any atom is -0.444 e. The molecule has 0 bridgehead atoms. The molecule has 0 spiro atoms. The Balaban J connectivity index is 1.91. The van der Waals surface area contributed by atoms with E-state index in [1.165, 1.54) is 12.1 Å².